The number of nitrogens with zero attached hydrogens (tertiary/aromatic N) is 2. The van der Waals surface area contributed by atoms with Crippen LogP contribution in [0.4, 0.5) is 26.0 Å². The van der Waals surface area contributed by atoms with Crippen molar-refractivity contribution in [1.29, 1.82) is 0 Å². The molecule has 8 heteroatoms. The van der Waals surface area contributed by atoms with Crippen LogP contribution in [0, 0.1) is 11.6 Å². The Hall–Kier alpha value is -3.42. The third-order valence-electron chi connectivity index (χ3n) is 3.74. The largest absolute Gasteiger partial charge is 0.493 e. The number of nitrogens with one attached hydrogen (secondary N) is 1. The highest BCUT2D eigenvalue weighted by molar-refractivity contribution is 5.72. The lowest BCUT2D eigenvalue weighted by Gasteiger charge is -2.12. The van der Waals surface area contributed by atoms with Gasteiger partial charge >= 0.3 is 0 Å². The number of ether oxygens (including phenoxy) is 2. The molecule has 1 heterocycles. The molecule has 0 aliphatic heterocycles. The predicted octanol–water partition coefficient (Wildman–Crippen LogP) is 4.15. The molecule has 0 radical (unpaired) electrons. The van der Waals surface area contributed by atoms with E-state index in [0.29, 0.717) is 35.1 Å². The van der Waals surface area contributed by atoms with E-state index in [2.05, 4.69) is 15.3 Å². The van der Waals surface area contributed by atoms with E-state index in [4.69, 9.17) is 15.2 Å². The number of benzene rings is 2. The molecule has 0 bridgehead atoms. The van der Waals surface area contributed by atoms with Gasteiger partial charge in [0.05, 0.1) is 25.1 Å². The van der Waals surface area contributed by atoms with Crippen molar-refractivity contribution in [3.05, 3.63) is 54.4 Å². The molecule has 2 aromatic carbocycles. The second-order valence-electron chi connectivity index (χ2n) is 5.57. The van der Waals surface area contributed by atoms with Crippen molar-refractivity contribution in [2.45, 2.75) is 6.92 Å². The topological polar surface area (TPSA) is 82.3 Å². The number of methoxy groups -OCH3 is 1. The van der Waals surface area contributed by atoms with E-state index < -0.39 is 11.6 Å². The zero-order valence-corrected chi connectivity index (χ0v) is 14.8. The number of hydrogen-bond acceptors (Lipinski definition) is 6. The van der Waals surface area contributed by atoms with Crippen molar-refractivity contribution < 1.29 is 18.3 Å². The molecule has 0 saturated heterocycles. The Morgan fingerprint density at radius 1 is 1.11 bits per heavy atom. The summed E-state index contributed by atoms with van der Waals surface area (Å²) in [6.07, 6.45) is 1.35. The Labute approximate surface area is 155 Å². The lowest BCUT2D eigenvalue weighted by molar-refractivity contribution is 0.339. The number of hydrogen-bond donors (Lipinski definition) is 2. The smallest absolute Gasteiger partial charge is 0.177 e. The first-order valence-electron chi connectivity index (χ1n) is 8.16. The minimum atomic E-state index is -0.591. The van der Waals surface area contributed by atoms with Crippen molar-refractivity contribution in [3.8, 4) is 22.8 Å². The summed E-state index contributed by atoms with van der Waals surface area (Å²) < 4.78 is 37.9. The quantitative estimate of drug-likeness (QED) is 0.633. The van der Waals surface area contributed by atoms with Gasteiger partial charge in [0, 0.05) is 29.4 Å². The van der Waals surface area contributed by atoms with Gasteiger partial charge in [0.2, 0.25) is 0 Å². The number of nitrogen functional groups attached to an aromatic ring is 1. The van der Waals surface area contributed by atoms with Crippen LogP contribution in [-0.2, 0) is 0 Å². The molecule has 0 fully saturated rings. The maximum atomic E-state index is 14.0. The van der Waals surface area contributed by atoms with Crippen LogP contribution >= 0.6 is 0 Å². The van der Waals surface area contributed by atoms with Crippen molar-refractivity contribution in [2.75, 3.05) is 24.8 Å². The Bertz CT molecular complexity index is 943. The fourth-order valence-electron chi connectivity index (χ4n) is 2.61. The fraction of sp³-hybridized carbons (Fsp3) is 0.158. The monoisotopic (exact) mass is 372 g/mol. The highest BCUT2D eigenvalue weighted by Crippen LogP contribution is 2.32. The molecule has 0 spiro atoms. The molecule has 140 valence electrons. The Balaban J connectivity index is 1.93. The van der Waals surface area contributed by atoms with Gasteiger partial charge in [-0.3, -0.25) is 0 Å². The molecule has 6 nitrogen and oxygen atoms in total. The van der Waals surface area contributed by atoms with E-state index in [1.165, 1.54) is 37.7 Å². The average Bonchev–Trinajstić information content (AvgIpc) is 2.62. The van der Waals surface area contributed by atoms with Gasteiger partial charge in [-0.2, -0.15) is 0 Å². The van der Waals surface area contributed by atoms with Gasteiger partial charge < -0.3 is 20.5 Å². The molecule has 3 N–H and O–H groups in total. The molecule has 27 heavy (non-hydrogen) atoms. The van der Waals surface area contributed by atoms with Gasteiger partial charge in [-0.15, -0.1) is 0 Å². The molecular formula is C19H18F2N4O2. The van der Waals surface area contributed by atoms with Crippen LogP contribution in [0.5, 0.6) is 11.5 Å². The fourth-order valence-corrected chi connectivity index (χ4v) is 2.61. The van der Waals surface area contributed by atoms with Crippen LogP contribution in [0.2, 0.25) is 0 Å². The summed E-state index contributed by atoms with van der Waals surface area (Å²) in [7, 11) is 1.34. The van der Waals surface area contributed by atoms with Crippen LogP contribution in [0.15, 0.2) is 42.7 Å². The maximum absolute atomic E-state index is 14.0. The van der Waals surface area contributed by atoms with Crippen LogP contribution in [-0.4, -0.2) is 23.7 Å². The van der Waals surface area contributed by atoms with Gasteiger partial charge in [0.25, 0.3) is 0 Å². The second kappa shape index (κ2) is 7.86. The predicted molar refractivity (Wildman–Crippen MR) is 99.2 cm³/mol. The Morgan fingerprint density at radius 2 is 1.93 bits per heavy atom. The first-order valence-corrected chi connectivity index (χ1v) is 8.16. The summed E-state index contributed by atoms with van der Waals surface area (Å²) in [4.78, 5) is 8.34. The van der Waals surface area contributed by atoms with Gasteiger partial charge in [-0.05, 0) is 25.1 Å². The third kappa shape index (κ3) is 4.05. The molecule has 0 unspecified atom stereocenters. The van der Waals surface area contributed by atoms with E-state index in [1.807, 2.05) is 6.92 Å². The molecular weight excluding hydrogens is 354 g/mol. The molecule has 3 aromatic rings. The van der Waals surface area contributed by atoms with Crippen LogP contribution in [0.3, 0.4) is 0 Å². The normalized spacial score (nSPS) is 10.5. The first kappa shape index (κ1) is 18.4. The average molecular weight is 372 g/mol. The molecule has 0 aliphatic rings. The molecule has 1 aromatic heterocycles. The second-order valence-corrected chi connectivity index (χ2v) is 5.57. The van der Waals surface area contributed by atoms with Gasteiger partial charge in [-0.25, -0.2) is 18.7 Å². The summed E-state index contributed by atoms with van der Waals surface area (Å²) >= 11 is 0. The highest BCUT2D eigenvalue weighted by Gasteiger charge is 2.12. The van der Waals surface area contributed by atoms with Crippen LogP contribution in [0.25, 0.3) is 11.3 Å². The van der Waals surface area contributed by atoms with Gasteiger partial charge in [0.1, 0.15) is 23.7 Å². The zero-order chi connectivity index (χ0) is 19.4. The maximum Gasteiger partial charge on any atom is 0.177 e. The molecule has 0 saturated carbocycles. The number of anilines is 3. The van der Waals surface area contributed by atoms with Gasteiger partial charge in [0.15, 0.2) is 11.6 Å². The van der Waals surface area contributed by atoms with E-state index in [-0.39, 0.29) is 11.4 Å². The summed E-state index contributed by atoms with van der Waals surface area (Å²) in [5.41, 5.74) is 7.49. The van der Waals surface area contributed by atoms with Crippen molar-refractivity contribution >= 4 is 17.2 Å². The lowest BCUT2D eigenvalue weighted by Crippen LogP contribution is -2.01. The summed E-state index contributed by atoms with van der Waals surface area (Å²) in [5, 5.41) is 2.97. The molecule has 0 amide bonds. The standard InChI is InChI=1S/C19H18F2N4O2/c1-3-27-17-6-11(20)4-5-13(17)16-9-18(24-10-23-16)25-12-7-14(21)19(26-2)15(22)8-12/h4-10H,3,22H2,1-2H3,(H,23,24,25). The summed E-state index contributed by atoms with van der Waals surface area (Å²) in [5.74, 6) is -0.223. The van der Waals surface area contributed by atoms with Crippen molar-refractivity contribution in [2.24, 2.45) is 0 Å². The van der Waals surface area contributed by atoms with Crippen molar-refractivity contribution in [1.82, 2.24) is 9.97 Å². The van der Waals surface area contributed by atoms with E-state index in [0.717, 1.165) is 0 Å². The highest BCUT2D eigenvalue weighted by atomic mass is 19.1. The SMILES string of the molecule is CCOc1cc(F)ccc1-c1cc(Nc2cc(N)c(OC)c(F)c2)ncn1. The van der Waals surface area contributed by atoms with E-state index >= 15 is 0 Å². The molecule has 3 rings (SSSR count). The molecule has 0 atom stereocenters. The summed E-state index contributed by atoms with van der Waals surface area (Å²) in [6.45, 7) is 2.20. The number of halogens is 2. The van der Waals surface area contributed by atoms with E-state index in [9.17, 15) is 8.78 Å². The number of nitrogens with two attached hydrogens (primary N) is 1. The van der Waals surface area contributed by atoms with Gasteiger partial charge in [-0.1, -0.05) is 0 Å². The minimum absolute atomic E-state index is 0.0170. The van der Waals surface area contributed by atoms with E-state index in [1.54, 1.807) is 12.1 Å². The lowest BCUT2D eigenvalue weighted by atomic mass is 10.1. The third-order valence-corrected chi connectivity index (χ3v) is 3.74. The molecule has 0 aliphatic carbocycles. The zero-order valence-electron chi connectivity index (χ0n) is 14.8. The van der Waals surface area contributed by atoms with Crippen LogP contribution < -0.4 is 20.5 Å². The number of aromatic nitrogens is 2. The summed E-state index contributed by atoms with van der Waals surface area (Å²) in [6, 6.07) is 8.64. The Kier molecular flexibility index (Phi) is 5.35. The number of rotatable bonds is 6. The minimum Gasteiger partial charge on any atom is -0.493 e. The van der Waals surface area contributed by atoms with Crippen LogP contribution in [0.1, 0.15) is 6.92 Å². The Morgan fingerprint density at radius 3 is 2.63 bits per heavy atom. The first-order chi connectivity index (χ1) is 13.0. The van der Waals surface area contributed by atoms with Crippen molar-refractivity contribution in [3.63, 3.8) is 0 Å².